The average molecular weight is 466 g/mol. The molecular weight excluding hydrogens is 448 g/mol. The number of rotatable bonds is 5. The van der Waals surface area contributed by atoms with E-state index in [0.717, 1.165) is 23.5 Å². The highest BCUT2D eigenvalue weighted by atomic mass is 127. The molecule has 1 heterocycles. The van der Waals surface area contributed by atoms with Gasteiger partial charge in [-0.25, -0.2) is 9.98 Å². The second-order valence-electron chi connectivity index (χ2n) is 4.99. The molecular formula is C16H18F3IN4O. The Morgan fingerprint density at radius 1 is 1.20 bits per heavy atom. The fourth-order valence-electron chi connectivity index (χ4n) is 1.77. The number of aromatic nitrogens is 1. The van der Waals surface area contributed by atoms with Gasteiger partial charge in [-0.05, 0) is 25.1 Å². The Morgan fingerprint density at radius 2 is 1.88 bits per heavy atom. The molecule has 0 bridgehead atoms. The van der Waals surface area contributed by atoms with Gasteiger partial charge in [0, 0.05) is 18.0 Å². The fourth-order valence-corrected chi connectivity index (χ4v) is 1.77. The van der Waals surface area contributed by atoms with Crippen molar-refractivity contribution in [3.8, 4) is 5.88 Å². The molecule has 0 saturated carbocycles. The summed E-state index contributed by atoms with van der Waals surface area (Å²) in [5.74, 6) is 0.325. The molecule has 0 aliphatic heterocycles. The summed E-state index contributed by atoms with van der Waals surface area (Å²) >= 11 is 0. The van der Waals surface area contributed by atoms with E-state index in [0.29, 0.717) is 0 Å². The van der Waals surface area contributed by atoms with E-state index in [9.17, 15) is 13.2 Å². The van der Waals surface area contributed by atoms with Crippen LogP contribution < -0.4 is 15.8 Å². The van der Waals surface area contributed by atoms with Crippen molar-refractivity contribution in [1.82, 2.24) is 4.98 Å². The van der Waals surface area contributed by atoms with Crippen molar-refractivity contribution < 1.29 is 17.9 Å². The smallest absolute Gasteiger partial charge is 0.417 e. The number of hydrogen-bond donors (Lipinski definition) is 2. The molecule has 2 rings (SSSR count). The standard InChI is InChI=1S/C16H17F3N4O.HI/c1-11-2-5-13(6-3-11)23-15(20)21-8-9-24-14-7-4-12(10-22-14)16(17,18)19;/h2-7,10H,8-9H2,1H3,(H3,20,21,23);1H. The van der Waals surface area contributed by atoms with Crippen molar-refractivity contribution in [1.29, 1.82) is 0 Å². The van der Waals surface area contributed by atoms with Crippen LogP contribution in [0.25, 0.3) is 0 Å². The Kier molecular flexibility index (Phi) is 7.94. The van der Waals surface area contributed by atoms with Crippen molar-refractivity contribution in [2.45, 2.75) is 13.1 Å². The number of nitrogens with zero attached hydrogens (tertiary/aromatic N) is 2. The normalized spacial score (nSPS) is 11.6. The van der Waals surface area contributed by atoms with Gasteiger partial charge in [-0.1, -0.05) is 17.7 Å². The molecule has 3 N–H and O–H groups in total. The first-order valence-electron chi connectivity index (χ1n) is 7.14. The molecule has 0 fully saturated rings. The monoisotopic (exact) mass is 466 g/mol. The molecule has 0 unspecified atom stereocenters. The molecule has 0 amide bonds. The van der Waals surface area contributed by atoms with Gasteiger partial charge >= 0.3 is 6.18 Å². The van der Waals surface area contributed by atoms with Gasteiger partial charge in [-0.3, -0.25) is 0 Å². The first kappa shape index (κ1) is 21.0. The molecule has 2 aromatic rings. The predicted molar refractivity (Wildman–Crippen MR) is 101 cm³/mol. The summed E-state index contributed by atoms with van der Waals surface area (Å²) in [7, 11) is 0. The van der Waals surface area contributed by atoms with Crippen molar-refractivity contribution >= 4 is 35.6 Å². The number of anilines is 1. The Bertz CT molecular complexity index is 688. The van der Waals surface area contributed by atoms with E-state index in [1.807, 2.05) is 31.2 Å². The number of guanidine groups is 1. The lowest BCUT2D eigenvalue weighted by Crippen LogP contribution is -2.23. The quantitative estimate of drug-likeness (QED) is 0.304. The highest BCUT2D eigenvalue weighted by Crippen LogP contribution is 2.29. The maximum Gasteiger partial charge on any atom is 0.417 e. The molecule has 5 nitrogen and oxygen atoms in total. The van der Waals surface area contributed by atoms with E-state index >= 15 is 0 Å². The molecule has 0 saturated heterocycles. The average Bonchev–Trinajstić information content (AvgIpc) is 2.53. The van der Waals surface area contributed by atoms with Gasteiger partial charge in [-0.2, -0.15) is 13.2 Å². The van der Waals surface area contributed by atoms with E-state index in [-0.39, 0.29) is 49.0 Å². The van der Waals surface area contributed by atoms with E-state index in [1.165, 1.54) is 6.07 Å². The molecule has 0 spiro atoms. The summed E-state index contributed by atoms with van der Waals surface area (Å²) in [6.07, 6.45) is -3.68. The topological polar surface area (TPSA) is 72.5 Å². The zero-order valence-corrected chi connectivity index (χ0v) is 15.7. The lowest BCUT2D eigenvalue weighted by atomic mass is 10.2. The zero-order chi connectivity index (χ0) is 17.6. The number of nitrogens with two attached hydrogens (primary N) is 1. The van der Waals surface area contributed by atoms with Crippen molar-refractivity contribution in [2.75, 3.05) is 18.5 Å². The van der Waals surface area contributed by atoms with Gasteiger partial charge in [0.1, 0.15) is 6.61 Å². The number of nitrogens with one attached hydrogen (secondary N) is 1. The van der Waals surface area contributed by atoms with Crippen LogP contribution in [0.15, 0.2) is 47.6 Å². The predicted octanol–water partition coefficient (Wildman–Crippen LogP) is 3.83. The van der Waals surface area contributed by atoms with Gasteiger partial charge < -0.3 is 15.8 Å². The van der Waals surface area contributed by atoms with E-state index in [2.05, 4.69) is 15.3 Å². The number of alkyl halides is 3. The molecule has 0 aliphatic rings. The summed E-state index contributed by atoms with van der Waals surface area (Å²) in [5, 5.41) is 2.92. The van der Waals surface area contributed by atoms with Crippen LogP contribution in [0, 0.1) is 6.92 Å². The molecule has 25 heavy (non-hydrogen) atoms. The summed E-state index contributed by atoms with van der Waals surface area (Å²) < 4.78 is 42.4. The maximum absolute atomic E-state index is 12.4. The van der Waals surface area contributed by atoms with Gasteiger partial charge in [0.05, 0.1) is 12.1 Å². The van der Waals surface area contributed by atoms with Crippen LogP contribution in [0.5, 0.6) is 5.88 Å². The largest absolute Gasteiger partial charge is 0.476 e. The fraction of sp³-hybridized carbons (Fsp3) is 0.250. The number of hydrogen-bond acceptors (Lipinski definition) is 3. The lowest BCUT2D eigenvalue weighted by molar-refractivity contribution is -0.137. The minimum atomic E-state index is -4.41. The van der Waals surface area contributed by atoms with Crippen molar-refractivity contribution in [3.05, 3.63) is 53.7 Å². The molecule has 0 radical (unpaired) electrons. The maximum atomic E-state index is 12.4. The minimum Gasteiger partial charge on any atom is -0.476 e. The highest BCUT2D eigenvalue weighted by Gasteiger charge is 2.30. The molecule has 1 aromatic heterocycles. The van der Waals surface area contributed by atoms with Crippen LogP contribution in [0.3, 0.4) is 0 Å². The SMILES string of the molecule is Cc1ccc(NC(N)=NCCOc2ccc(C(F)(F)F)cn2)cc1.I. The molecule has 1 aromatic carbocycles. The first-order chi connectivity index (χ1) is 11.3. The number of aliphatic imine (C=N–C) groups is 1. The summed E-state index contributed by atoms with van der Waals surface area (Å²) in [4.78, 5) is 7.66. The van der Waals surface area contributed by atoms with Crippen molar-refractivity contribution in [2.24, 2.45) is 10.7 Å². The Morgan fingerprint density at radius 3 is 2.44 bits per heavy atom. The molecule has 0 aliphatic carbocycles. The van der Waals surface area contributed by atoms with Crippen LogP contribution in [0.4, 0.5) is 18.9 Å². The Labute approximate surface area is 160 Å². The van der Waals surface area contributed by atoms with Crippen molar-refractivity contribution in [3.63, 3.8) is 0 Å². The van der Waals surface area contributed by atoms with Crippen LogP contribution in [0.2, 0.25) is 0 Å². The number of aryl methyl sites for hydroxylation is 1. The third-order valence-electron chi connectivity index (χ3n) is 3.01. The zero-order valence-electron chi connectivity index (χ0n) is 13.4. The first-order valence-corrected chi connectivity index (χ1v) is 7.14. The van der Waals surface area contributed by atoms with Gasteiger partial charge in [0.15, 0.2) is 5.96 Å². The molecule has 136 valence electrons. The lowest BCUT2D eigenvalue weighted by Gasteiger charge is -2.08. The third-order valence-corrected chi connectivity index (χ3v) is 3.01. The van der Waals surface area contributed by atoms with Crippen LogP contribution >= 0.6 is 24.0 Å². The summed E-state index contributed by atoms with van der Waals surface area (Å²) in [6, 6.07) is 9.71. The summed E-state index contributed by atoms with van der Waals surface area (Å²) in [6.45, 7) is 2.37. The van der Waals surface area contributed by atoms with Gasteiger partial charge in [0.2, 0.25) is 5.88 Å². The van der Waals surface area contributed by atoms with Crippen LogP contribution in [-0.2, 0) is 6.18 Å². The van der Waals surface area contributed by atoms with E-state index < -0.39 is 11.7 Å². The molecule has 0 atom stereocenters. The van der Waals surface area contributed by atoms with Crippen LogP contribution in [0.1, 0.15) is 11.1 Å². The number of ether oxygens (including phenoxy) is 1. The number of pyridine rings is 1. The van der Waals surface area contributed by atoms with E-state index in [1.54, 1.807) is 0 Å². The second-order valence-corrected chi connectivity index (χ2v) is 4.99. The second kappa shape index (κ2) is 9.44. The van der Waals surface area contributed by atoms with Crippen LogP contribution in [-0.4, -0.2) is 24.1 Å². The highest BCUT2D eigenvalue weighted by molar-refractivity contribution is 14.0. The summed E-state index contributed by atoms with van der Waals surface area (Å²) in [5.41, 5.74) is 6.86. The Balaban J connectivity index is 0.00000312. The minimum absolute atomic E-state index is 0. The number of benzene rings is 1. The Hall–Kier alpha value is -2.04. The number of halogens is 4. The third kappa shape index (κ3) is 7.16. The van der Waals surface area contributed by atoms with E-state index in [4.69, 9.17) is 10.5 Å². The van der Waals surface area contributed by atoms with Gasteiger partial charge in [-0.15, -0.1) is 24.0 Å². The molecule has 9 heteroatoms. The van der Waals surface area contributed by atoms with Gasteiger partial charge in [0.25, 0.3) is 0 Å².